The van der Waals surface area contributed by atoms with Crippen LogP contribution in [0.1, 0.15) is 26.2 Å². The first kappa shape index (κ1) is 13.2. The van der Waals surface area contributed by atoms with Gasteiger partial charge in [-0.1, -0.05) is 0 Å². The van der Waals surface area contributed by atoms with Gasteiger partial charge >= 0.3 is 0 Å². The number of methoxy groups -OCH3 is 1. The van der Waals surface area contributed by atoms with Crippen LogP contribution in [0.2, 0.25) is 0 Å². The van der Waals surface area contributed by atoms with Crippen molar-refractivity contribution in [2.75, 3.05) is 26.0 Å². The topological polar surface area (TPSA) is 50.4 Å². The summed E-state index contributed by atoms with van der Waals surface area (Å²) in [6.45, 7) is 3.80. The number of hydrogen-bond acceptors (Lipinski definition) is 4. The van der Waals surface area contributed by atoms with Crippen molar-refractivity contribution in [1.82, 2.24) is 10.6 Å². The third-order valence-corrected chi connectivity index (χ3v) is 5.22. The van der Waals surface area contributed by atoms with E-state index in [1.54, 1.807) is 7.11 Å². The van der Waals surface area contributed by atoms with E-state index in [0.29, 0.717) is 0 Å². The lowest BCUT2D eigenvalue weighted by Gasteiger charge is -2.23. The lowest BCUT2D eigenvalue weighted by Crippen LogP contribution is -2.45. The molecule has 2 heterocycles. The largest absolute Gasteiger partial charge is 0.380 e. The molecule has 17 heavy (non-hydrogen) atoms. The number of carbonyl (C=O) groups is 1. The summed E-state index contributed by atoms with van der Waals surface area (Å²) >= 11 is 1.97. The summed E-state index contributed by atoms with van der Waals surface area (Å²) < 4.78 is 5.49. The Balaban J connectivity index is 1.74. The molecule has 0 radical (unpaired) electrons. The zero-order valence-corrected chi connectivity index (χ0v) is 11.4. The summed E-state index contributed by atoms with van der Waals surface area (Å²) in [6.07, 6.45) is 3.44. The molecule has 0 aromatic rings. The predicted molar refractivity (Wildman–Crippen MR) is 70.3 cm³/mol. The van der Waals surface area contributed by atoms with E-state index in [9.17, 15) is 4.79 Å². The van der Waals surface area contributed by atoms with Gasteiger partial charge in [0.1, 0.15) is 0 Å². The highest BCUT2D eigenvalue weighted by Gasteiger charge is 2.33. The number of ether oxygens (including phenoxy) is 1. The molecule has 4 nitrogen and oxygen atoms in total. The van der Waals surface area contributed by atoms with Crippen LogP contribution >= 0.6 is 11.8 Å². The Morgan fingerprint density at radius 1 is 1.65 bits per heavy atom. The minimum atomic E-state index is -0.0741. The summed E-state index contributed by atoms with van der Waals surface area (Å²) in [4.78, 5) is 12.0. The van der Waals surface area contributed by atoms with Crippen molar-refractivity contribution in [1.29, 1.82) is 0 Å². The van der Waals surface area contributed by atoms with Gasteiger partial charge in [-0.15, -0.1) is 0 Å². The molecule has 5 heteroatoms. The van der Waals surface area contributed by atoms with Gasteiger partial charge in [0.15, 0.2) is 0 Å². The van der Waals surface area contributed by atoms with Crippen molar-refractivity contribution < 1.29 is 9.53 Å². The first-order valence-electron chi connectivity index (χ1n) is 6.31. The number of nitrogens with one attached hydrogen (secondary N) is 2. The van der Waals surface area contributed by atoms with Gasteiger partial charge in [0, 0.05) is 24.9 Å². The smallest absolute Gasteiger partial charge is 0.237 e. The molecule has 2 saturated heterocycles. The molecule has 2 N–H and O–H groups in total. The van der Waals surface area contributed by atoms with Crippen LogP contribution in [0.25, 0.3) is 0 Å². The third-order valence-electron chi connectivity index (χ3n) is 3.68. The van der Waals surface area contributed by atoms with Crippen LogP contribution < -0.4 is 10.6 Å². The molecule has 3 unspecified atom stereocenters. The van der Waals surface area contributed by atoms with E-state index in [1.807, 2.05) is 11.8 Å². The lowest BCUT2D eigenvalue weighted by molar-refractivity contribution is -0.123. The second kappa shape index (κ2) is 5.59. The third kappa shape index (κ3) is 3.36. The maximum atomic E-state index is 12.0. The number of thioether (sulfide) groups is 1. The number of hydrogen-bond donors (Lipinski definition) is 2. The molecule has 0 aromatic carbocycles. The van der Waals surface area contributed by atoms with Crippen LogP contribution in [0, 0.1) is 0 Å². The Bertz CT molecular complexity index is 280. The molecular formula is C12H22N2O2S. The van der Waals surface area contributed by atoms with E-state index in [-0.39, 0.29) is 22.8 Å². The van der Waals surface area contributed by atoms with Gasteiger partial charge in [-0.05, 0) is 31.9 Å². The highest BCUT2D eigenvalue weighted by molar-refractivity contribution is 8.00. The van der Waals surface area contributed by atoms with Crippen LogP contribution in [-0.4, -0.2) is 48.8 Å². The molecule has 3 atom stereocenters. The van der Waals surface area contributed by atoms with Gasteiger partial charge in [0.2, 0.25) is 5.91 Å². The van der Waals surface area contributed by atoms with Crippen LogP contribution in [-0.2, 0) is 9.53 Å². The molecule has 0 bridgehead atoms. The van der Waals surface area contributed by atoms with Crippen molar-refractivity contribution in [3.05, 3.63) is 0 Å². The molecule has 2 aliphatic rings. The van der Waals surface area contributed by atoms with E-state index >= 15 is 0 Å². The first-order chi connectivity index (χ1) is 8.13. The van der Waals surface area contributed by atoms with E-state index in [1.165, 1.54) is 18.6 Å². The Kier molecular flexibility index (Phi) is 4.33. The molecule has 2 aliphatic heterocycles. The van der Waals surface area contributed by atoms with E-state index in [0.717, 1.165) is 19.5 Å². The SMILES string of the molecule is COC1CNC(C(=O)NCC2(C)CCCS2)C1. The molecule has 1 amide bonds. The number of carbonyl (C=O) groups excluding carboxylic acids is 1. The summed E-state index contributed by atoms with van der Waals surface area (Å²) in [5.41, 5.74) is 0. The number of rotatable bonds is 4. The van der Waals surface area contributed by atoms with Crippen LogP contribution in [0.5, 0.6) is 0 Å². The molecular weight excluding hydrogens is 236 g/mol. The Morgan fingerprint density at radius 3 is 3.06 bits per heavy atom. The summed E-state index contributed by atoms with van der Waals surface area (Å²) in [5, 5.41) is 6.28. The Morgan fingerprint density at radius 2 is 2.47 bits per heavy atom. The van der Waals surface area contributed by atoms with Crippen LogP contribution in [0.4, 0.5) is 0 Å². The number of amides is 1. The van der Waals surface area contributed by atoms with Crippen molar-refractivity contribution in [3.63, 3.8) is 0 Å². The van der Waals surface area contributed by atoms with Gasteiger partial charge < -0.3 is 15.4 Å². The molecule has 2 rings (SSSR count). The maximum Gasteiger partial charge on any atom is 0.237 e. The highest BCUT2D eigenvalue weighted by Crippen LogP contribution is 2.36. The molecule has 0 spiro atoms. The minimum Gasteiger partial charge on any atom is -0.380 e. The fourth-order valence-electron chi connectivity index (χ4n) is 2.46. The second-order valence-electron chi connectivity index (χ2n) is 5.17. The van der Waals surface area contributed by atoms with Gasteiger partial charge in [0.25, 0.3) is 0 Å². The molecule has 98 valence electrons. The van der Waals surface area contributed by atoms with Crippen molar-refractivity contribution in [3.8, 4) is 0 Å². The first-order valence-corrected chi connectivity index (χ1v) is 7.29. The molecule has 0 saturated carbocycles. The van der Waals surface area contributed by atoms with Gasteiger partial charge in [-0.2, -0.15) is 11.8 Å². The van der Waals surface area contributed by atoms with Gasteiger partial charge in [-0.25, -0.2) is 0 Å². The van der Waals surface area contributed by atoms with Gasteiger partial charge in [0.05, 0.1) is 12.1 Å². The summed E-state index contributed by atoms with van der Waals surface area (Å²) in [6, 6.07) is -0.0741. The van der Waals surface area contributed by atoms with Crippen molar-refractivity contribution >= 4 is 17.7 Å². The van der Waals surface area contributed by atoms with Crippen molar-refractivity contribution in [2.45, 2.75) is 43.1 Å². The standard InChI is InChI=1S/C12H22N2O2S/c1-12(4-3-5-17-12)8-14-11(15)10-6-9(16-2)7-13-10/h9-10,13H,3-8H2,1-2H3,(H,14,15). The fourth-order valence-corrected chi connectivity index (χ4v) is 3.70. The summed E-state index contributed by atoms with van der Waals surface area (Å²) in [5.74, 6) is 1.35. The maximum absolute atomic E-state index is 12.0. The zero-order chi connectivity index (χ0) is 12.3. The second-order valence-corrected chi connectivity index (χ2v) is 6.86. The fraction of sp³-hybridized carbons (Fsp3) is 0.917. The molecule has 0 aromatic heterocycles. The Labute approximate surface area is 107 Å². The van der Waals surface area contributed by atoms with E-state index < -0.39 is 0 Å². The van der Waals surface area contributed by atoms with E-state index in [4.69, 9.17) is 4.74 Å². The van der Waals surface area contributed by atoms with E-state index in [2.05, 4.69) is 17.6 Å². The van der Waals surface area contributed by atoms with Crippen LogP contribution in [0.15, 0.2) is 0 Å². The average molecular weight is 258 g/mol. The Hall–Kier alpha value is -0.260. The highest BCUT2D eigenvalue weighted by atomic mass is 32.2. The van der Waals surface area contributed by atoms with Crippen LogP contribution in [0.3, 0.4) is 0 Å². The molecule has 2 fully saturated rings. The normalized spacial score (nSPS) is 37.3. The lowest BCUT2D eigenvalue weighted by atomic mass is 10.1. The average Bonchev–Trinajstić information content (AvgIpc) is 2.95. The van der Waals surface area contributed by atoms with Crippen molar-refractivity contribution in [2.24, 2.45) is 0 Å². The zero-order valence-electron chi connectivity index (χ0n) is 10.6. The minimum absolute atomic E-state index is 0.0741. The predicted octanol–water partition coefficient (Wildman–Crippen LogP) is 0.765. The quantitative estimate of drug-likeness (QED) is 0.782. The van der Waals surface area contributed by atoms with Gasteiger partial charge in [-0.3, -0.25) is 4.79 Å². The summed E-state index contributed by atoms with van der Waals surface area (Å²) in [7, 11) is 1.70. The molecule has 0 aliphatic carbocycles. The monoisotopic (exact) mass is 258 g/mol.